The van der Waals surface area contributed by atoms with Gasteiger partial charge in [0.25, 0.3) is 0 Å². The molecule has 0 rings (SSSR count). The summed E-state index contributed by atoms with van der Waals surface area (Å²) in [5, 5.41) is 8.70. The van der Waals surface area contributed by atoms with Gasteiger partial charge in [-0.1, -0.05) is 0 Å². The Balaban J connectivity index is 0. The van der Waals surface area contributed by atoms with Gasteiger partial charge in [-0.25, -0.2) is 4.48 Å². The Morgan fingerprint density at radius 3 is 1.21 bits per heavy atom. The van der Waals surface area contributed by atoms with Crippen LogP contribution in [0.25, 0.3) is 0 Å². The molecule has 0 fully saturated rings. The van der Waals surface area contributed by atoms with Crippen molar-refractivity contribution in [2.75, 3.05) is 19.6 Å². The van der Waals surface area contributed by atoms with Crippen molar-refractivity contribution in [2.24, 2.45) is 0 Å². The third kappa shape index (κ3) is 9.32. The number of rotatable bonds is 3. The van der Waals surface area contributed by atoms with Crippen molar-refractivity contribution >= 4 is 7.25 Å². The highest BCUT2D eigenvalue weighted by molar-refractivity contribution is 6.50. The van der Waals surface area contributed by atoms with E-state index in [0.29, 0.717) is 4.48 Å². The summed E-state index contributed by atoms with van der Waals surface area (Å²) >= 11 is 0. The fourth-order valence-corrected chi connectivity index (χ4v) is 0.883. The van der Waals surface area contributed by atoms with Crippen molar-refractivity contribution in [3.05, 3.63) is 0 Å². The van der Waals surface area contributed by atoms with Crippen molar-refractivity contribution in [2.45, 2.75) is 20.8 Å². The zero-order valence-electron chi connectivity index (χ0n) is 8.60. The van der Waals surface area contributed by atoms with E-state index in [0.717, 1.165) is 19.6 Å². The van der Waals surface area contributed by atoms with Gasteiger partial charge < -0.3 is 17.3 Å². The minimum absolute atomic E-state index is 0.583. The van der Waals surface area contributed by atoms with Crippen LogP contribution in [0.5, 0.6) is 0 Å². The third-order valence-electron chi connectivity index (χ3n) is 2.03. The van der Waals surface area contributed by atoms with E-state index in [2.05, 4.69) is 27.0 Å². The van der Waals surface area contributed by atoms with Crippen molar-refractivity contribution in [1.82, 2.24) is 0 Å². The second-order valence-corrected chi connectivity index (χ2v) is 2.69. The van der Waals surface area contributed by atoms with E-state index < -0.39 is 7.25 Å². The minimum atomic E-state index is -6.00. The molecule has 0 saturated heterocycles. The summed E-state index contributed by atoms with van der Waals surface area (Å²) in [4.78, 5) is 0. The van der Waals surface area contributed by atoms with Gasteiger partial charge in [-0.15, -0.1) is 5.26 Å². The van der Waals surface area contributed by atoms with Crippen molar-refractivity contribution in [3.63, 3.8) is 0 Å². The number of nitriles is 1. The average molecular weight is 214 g/mol. The van der Waals surface area contributed by atoms with Crippen molar-refractivity contribution in [1.29, 1.82) is 5.26 Å². The molecular weight excluding hydrogens is 199 g/mol. The lowest BCUT2D eigenvalue weighted by molar-refractivity contribution is -0.860. The molecule has 0 aromatic rings. The molecule has 0 radical (unpaired) electrons. The first-order valence-corrected chi connectivity index (χ1v) is 4.39. The van der Waals surface area contributed by atoms with Gasteiger partial charge >= 0.3 is 13.4 Å². The van der Waals surface area contributed by atoms with Crippen LogP contribution in [0.2, 0.25) is 0 Å². The minimum Gasteiger partial charge on any atom is -0.418 e. The molecule has 0 spiro atoms. The first kappa shape index (κ1) is 15.7. The summed E-state index contributed by atoms with van der Waals surface area (Å²) < 4.78 is 39.6. The zero-order chi connectivity index (χ0) is 11.8. The molecule has 0 atom stereocenters. The molecule has 0 aliphatic carbocycles. The standard InChI is InChI=1S/C7H15N2.BF4/c1-4-9(5-2,6-3)7-8;2-1(3,4)5/h4-6H2,1-3H3;/q+1;-1. The summed E-state index contributed by atoms with van der Waals surface area (Å²) in [6, 6.07) is 0. The molecule has 0 saturated carbocycles. The fourth-order valence-electron chi connectivity index (χ4n) is 0.883. The summed E-state index contributed by atoms with van der Waals surface area (Å²) in [5.74, 6) is 0. The van der Waals surface area contributed by atoms with Crippen LogP contribution in [0.15, 0.2) is 0 Å². The smallest absolute Gasteiger partial charge is 0.418 e. The van der Waals surface area contributed by atoms with E-state index in [1.165, 1.54) is 0 Å². The predicted octanol–water partition coefficient (Wildman–Crippen LogP) is 2.64. The van der Waals surface area contributed by atoms with E-state index in [1.54, 1.807) is 0 Å². The highest BCUT2D eigenvalue weighted by Gasteiger charge is 2.20. The molecule has 0 N–H and O–H groups in total. The van der Waals surface area contributed by atoms with Gasteiger partial charge in [-0.05, 0) is 20.8 Å². The van der Waals surface area contributed by atoms with E-state index in [-0.39, 0.29) is 0 Å². The molecular formula is C7H15BF4N2. The van der Waals surface area contributed by atoms with Gasteiger partial charge in [0.2, 0.25) is 0 Å². The van der Waals surface area contributed by atoms with Crippen LogP contribution in [0.1, 0.15) is 20.8 Å². The lowest BCUT2D eigenvalue weighted by Crippen LogP contribution is -2.42. The Bertz CT molecular complexity index is 169. The zero-order valence-corrected chi connectivity index (χ0v) is 8.60. The van der Waals surface area contributed by atoms with E-state index in [9.17, 15) is 17.3 Å². The van der Waals surface area contributed by atoms with Crippen molar-refractivity contribution < 1.29 is 21.7 Å². The number of nitrogens with zero attached hydrogens (tertiary/aromatic N) is 2. The second kappa shape index (κ2) is 6.65. The average Bonchev–Trinajstić information content (AvgIpc) is 2.07. The first-order valence-electron chi connectivity index (χ1n) is 4.39. The first-order chi connectivity index (χ1) is 6.24. The molecule has 0 unspecified atom stereocenters. The quantitative estimate of drug-likeness (QED) is 0.306. The van der Waals surface area contributed by atoms with Gasteiger partial charge in [0.05, 0.1) is 19.6 Å². The van der Waals surface area contributed by atoms with Crippen LogP contribution in [0.3, 0.4) is 0 Å². The monoisotopic (exact) mass is 214 g/mol. The summed E-state index contributed by atoms with van der Waals surface area (Å²) in [7, 11) is -6.00. The molecule has 0 aliphatic rings. The normalized spacial score (nSPS) is 11.3. The third-order valence-corrected chi connectivity index (χ3v) is 2.03. The van der Waals surface area contributed by atoms with Crippen LogP contribution < -0.4 is 0 Å². The van der Waals surface area contributed by atoms with E-state index >= 15 is 0 Å². The predicted molar refractivity (Wildman–Crippen MR) is 47.7 cm³/mol. The number of hydrogen-bond donors (Lipinski definition) is 0. The summed E-state index contributed by atoms with van der Waals surface area (Å²) in [6.45, 7) is 8.92. The SMILES string of the molecule is CC[N+](C#N)(CC)CC.F[B-](F)(F)F. The highest BCUT2D eigenvalue weighted by Crippen LogP contribution is 2.06. The van der Waals surface area contributed by atoms with Gasteiger partial charge in [-0.3, -0.25) is 0 Å². The Hall–Kier alpha value is -0.765. The molecule has 0 aromatic carbocycles. The molecule has 7 heteroatoms. The highest BCUT2D eigenvalue weighted by atomic mass is 19.5. The van der Waals surface area contributed by atoms with Crippen molar-refractivity contribution in [3.8, 4) is 6.19 Å². The second-order valence-electron chi connectivity index (χ2n) is 2.69. The lowest BCUT2D eigenvalue weighted by Gasteiger charge is -2.24. The number of hydrogen-bond acceptors (Lipinski definition) is 1. The van der Waals surface area contributed by atoms with Crippen LogP contribution in [-0.2, 0) is 0 Å². The largest absolute Gasteiger partial charge is 0.673 e. The van der Waals surface area contributed by atoms with Gasteiger partial charge in [0.15, 0.2) is 0 Å². The molecule has 0 aromatic heterocycles. The Kier molecular flexibility index (Phi) is 7.46. The fraction of sp³-hybridized carbons (Fsp3) is 0.857. The summed E-state index contributed by atoms with van der Waals surface area (Å²) in [6.07, 6.45) is 2.30. The topological polar surface area (TPSA) is 23.8 Å². The van der Waals surface area contributed by atoms with Crippen LogP contribution in [-0.4, -0.2) is 31.4 Å². The van der Waals surface area contributed by atoms with Crippen LogP contribution in [0, 0.1) is 11.5 Å². The number of quaternary nitrogens is 1. The molecule has 0 aliphatic heterocycles. The molecule has 2 nitrogen and oxygen atoms in total. The molecule has 0 bridgehead atoms. The maximum atomic E-state index is 9.75. The van der Waals surface area contributed by atoms with Gasteiger partial charge in [0.1, 0.15) is 0 Å². The van der Waals surface area contributed by atoms with Crippen LogP contribution >= 0.6 is 0 Å². The van der Waals surface area contributed by atoms with E-state index in [4.69, 9.17) is 5.26 Å². The van der Waals surface area contributed by atoms with Crippen LogP contribution in [0.4, 0.5) is 17.3 Å². The Morgan fingerprint density at radius 2 is 1.21 bits per heavy atom. The Morgan fingerprint density at radius 1 is 1.00 bits per heavy atom. The maximum absolute atomic E-state index is 9.75. The van der Waals surface area contributed by atoms with Gasteiger partial charge in [0, 0.05) is 0 Å². The lowest BCUT2D eigenvalue weighted by atomic mass is 10.3. The molecule has 0 amide bonds. The van der Waals surface area contributed by atoms with Gasteiger partial charge in [-0.2, -0.15) is 0 Å². The Labute approximate surface area is 81.8 Å². The maximum Gasteiger partial charge on any atom is 0.673 e. The molecule has 14 heavy (non-hydrogen) atoms. The number of halogens is 4. The van der Waals surface area contributed by atoms with E-state index in [1.807, 2.05) is 0 Å². The summed E-state index contributed by atoms with van der Waals surface area (Å²) in [5.41, 5.74) is 0. The molecule has 84 valence electrons. The molecule has 0 heterocycles.